The van der Waals surface area contributed by atoms with Crippen LogP contribution in [0.25, 0.3) is 0 Å². The number of aliphatic imine (C=N–C) groups is 1. The predicted octanol–water partition coefficient (Wildman–Crippen LogP) is 3.38. The number of aromatic nitrogens is 2. The number of halogens is 1. The molecule has 0 unspecified atom stereocenters. The molecule has 2 aromatic rings. The van der Waals surface area contributed by atoms with Crippen LogP contribution in [-0.4, -0.2) is 59.9 Å². The molecule has 0 aliphatic carbocycles. The third kappa shape index (κ3) is 6.35. The molecule has 29 heavy (non-hydrogen) atoms. The molecule has 2 heterocycles. The monoisotopic (exact) mass is 510 g/mol. The number of anilines is 1. The Morgan fingerprint density at radius 1 is 1.17 bits per heavy atom. The lowest BCUT2D eigenvalue weighted by molar-refractivity contribution is 0.372. The third-order valence-corrected chi connectivity index (χ3v) is 5.47. The van der Waals surface area contributed by atoms with Gasteiger partial charge in [-0.1, -0.05) is 12.1 Å². The molecule has 1 aromatic carbocycles. The van der Waals surface area contributed by atoms with Crippen molar-refractivity contribution in [1.82, 2.24) is 20.0 Å². The van der Waals surface area contributed by atoms with Gasteiger partial charge in [-0.15, -0.1) is 24.0 Å². The van der Waals surface area contributed by atoms with Crippen molar-refractivity contribution in [3.8, 4) is 0 Å². The maximum atomic E-state index is 4.87. The fraction of sp³-hybridized carbons (Fsp3) is 0.545. The molecule has 1 aliphatic heterocycles. The summed E-state index contributed by atoms with van der Waals surface area (Å²) in [6.07, 6.45) is 6.10. The van der Waals surface area contributed by atoms with E-state index in [4.69, 9.17) is 4.99 Å². The maximum Gasteiger partial charge on any atom is 0.194 e. The number of benzene rings is 1. The first-order chi connectivity index (χ1) is 13.6. The number of nitrogens with one attached hydrogen (secondary N) is 1. The fourth-order valence-electron chi connectivity index (χ4n) is 3.73. The summed E-state index contributed by atoms with van der Waals surface area (Å²) < 4.78 is 1.86. The Morgan fingerprint density at radius 2 is 1.93 bits per heavy atom. The van der Waals surface area contributed by atoms with E-state index in [1.165, 1.54) is 22.4 Å². The summed E-state index contributed by atoms with van der Waals surface area (Å²) in [4.78, 5) is 9.78. The van der Waals surface area contributed by atoms with Crippen LogP contribution in [0.15, 0.2) is 35.6 Å². The predicted molar refractivity (Wildman–Crippen MR) is 133 cm³/mol. The number of hydrogen-bond acceptors (Lipinski definition) is 3. The highest BCUT2D eigenvalue weighted by molar-refractivity contribution is 14.0. The highest BCUT2D eigenvalue weighted by Gasteiger charge is 2.20. The van der Waals surface area contributed by atoms with Gasteiger partial charge in [0.05, 0.1) is 6.20 Å². The quantitative estimate of drug-likeness (QED) is 0.280. The first-order valence-electron chi connectivity index (χ1n) is 10.4. The third-order valence-electron chi connectivity index (χ3n) is 5.47. The van der Waals surface area contributed by atoms with Crippen molar-refractivity contribution in [3.63, 3.8) is 0 Å². The molecule has 0 bridgehead atoms. The molecule has 3 rings (SSSR count). The van der Waals surface area contributed by atoms with Gasteiger partial charge in [0.15, 0.2) is 5.96 Å². The molecule has 0 amide bonds. The van der Waals surface area contributed by atoms with Gasteiger partial charge in [0.2, 0.25) is 0 Å². The second kappa shape index (κ2) is 11.4. The summed E-state index contributed by atoms with van der Waals surface area (Å²) in [7, 11) is 1.96. The summed E-state index contributed by atoms with van der Waals surface area (Å²) in [5, 5.41) is 7.70. The molecule has 0 saturated carbocycles. The van der Waals surface area contributed by atoms with Gasteiger partial charge in [-0.25, -0.2) is 0 Å². The molecule has 1 aliphatic rings. The van der Waals surface area contributed by atoms with Gasteiger partial charge in [0.25, 0.3) is 0 Å². The molecule has 0 atom stereocenters. The van der Waals surface area contributed by atoms with Crippen LogP contribution < -0.4 is 10.2 Å². The highest BCUT2D eigenvalue weighted by atomic mass is 127. The topological polar surface area (TPSA) is 48.7 Å². The van der Waals surface area contributed by atoms with Crippen LogP contribution in [0.5, 0.6) is 0 Å². The summed E-state index contributed by atoms with van der Waals surface area (Å²) in [6, 6.07) is 6.60. The Hall–Kier alpha value is -1.77. The molecule has 1 N–H and O–H groups in total. The van der Waals surface area contributed by atoms with E-state index < -0.39 is 0 Å². The average Bonchev–Trinajstić information content (AvgIpc) is 3.12. The Labute approximate surface area is 192 Å². The molecular formula is C22H35IN6. The Bertz CT molecular complexity index is 792. The number of rotatable bonds is 6. The van der Waals surface area contributed by atoms with Crippen LogP contribution in [0.3, 0.4) is 0 Å². The first kappa shape index (κ1) is 23.5. The van der Waals surface area contributed by atoms with Crippen LogP contribution >= 0.6 is 24.0 Å². The Kier molecular flexibility index (Phi) is 9.26. The molecule has 1 aromatic heterocycles. The smallest absolute Gasteiger partial charge is 0.194 e. The maximum absolute atomic E-state index is 4.87. The molecule has 1 saturated heterocycles. The van der Waals surface area contributed by atoms with Crippen LogP contribution in [-0.2, 0) is 13.5 Å². The van der Waals surface area contributed by atoms with Crippen LogP contribution in [0.4, 0.5) is 5.69 Å². The minimum absolute atomic E-state index is 0. The van der Waals surface area contributed by atoms with Crippen molar-refractivity contribution in [2.45, 2.75) is 33.6 Å². The van der Waals surface area contributed by atoms with E-state index in [9.17, 15) is 0 Å². The zero-order chi connectivity index (χ0) is 19.9. The number of guanidine groups is 1. The Morgan fingerprint density at radius 3 is 2.59 bits per heavy atom. The van der Waals surface area contributed by atoms with E-state index in [-0.39, 0.29) is 24.0 Å². The number of nitrogens with zero attached hydrogens (tertiary/aromatic N) is 5. The second-order valence-electron chi connectivity index (χ2n) is 7.55. The van der Waals surface area contributed by atoms with Gasteiger partial charge in [0, 0.05) is 58.2 Å². The zero-order valence-electron chi connectivity index (χ0n) is 18.2. The second-order valence-corrected chi connectivity index (χ2v) is 7.55. The van der Waals surface area contributed by atoms with E-state index >= 15 is 0 Å². The van der Waals surface area contributed by atoms with E-state index in [1.54, 1.807) is 0 Å². The molecule has 160 valence electrons. The highest BCUT2D eigenvalue weighted by Crippen LogP contribution is 2.23. The van der Waals surface area contributed by atoms with Crippen LogP contribution in [0.1, 0.15) is 30.0 Å². The molecule has 0 radical (unpaired) electrons. The van der Waals surface area contributed by atoms with E-state index in [0.29, 0.717) is 0 Å². The van der Waals surface area contributed by atoms with Crippen molar-refractivity contribution in [3.05, 3.63) is 47.3 Å². The first-order valence-corrected chi connectivity index (χ1v) is 10.4. The van der Waals surface area contributed by atoms with E-state index in [2.05, 4.69) is 65.4 Å². The van der Waals surface area contributed by atoms with Crippen LogP contribution in [0, 0.1) is 13.8 Å². The lowest BCUT2D eigenvalue weighted by atomic mass is 10.1. The largest absolute Gasteiger partial charge is 0.368 e. The minimum Gasteiger partial charge on any atom is -0.368 e. The number of hydrogen-bond donors (Lipinski definition) is 1. The fourth-order valence-corrected chi connectivity index (χ4v) is 3.73. The molecule has 1 fully saturated rings. The van der Waals surface area contributed by atoms with Gasteiger partial charge in [-0.2, -0.15) is 5.10 Å². The molecule has 0 spiro atoms. The van der Waals surface area contributed by atoms with Crippen molar-refractivity contribution in [2.24, 2.45) is 12.0 Å². The van der Waals surface area contributed by atoms with Crippen molar-refractivity contribution >= 4 is 35.6 Å². The molecular weight excluding hydrogens is 475 g/mol. The lowest BCUT2D eigenvalue weighted by Gasteiger charge is -2.38. The summed E-state index contributed by atoms with van der Waals surface area (Å²) >= 11 is 0. The SMILES string of the molecule is CCNC(=NCCCc1cnn(C)c1)N1CCN(c2cccc(C)c2C)CC1.I. The summed E-state index contributed by atoms with van der Waals surface area (Å²) in [5.41, 5.74) is 5.42. The minimum atomic E-state index is 0. The van der Waals surface area contributed by atoms with E-state index in [0.717, 1.165) is 58.1 Å². The van der Waals surface area contributed by atoms with Gasteiger partial charge in [0.1, 0.15) is 0 Å². The van der Waals surface area contributed by atoms with Crippen molar-refractivity contribution in [1.29, 1.82) is 0 Å². The van der Waals surface area contributed by atoms with Gasteiger partial charge < -0.3 is 15.1 Å². The van der Waals surface area contributed by atoms with Crippen molar-refractivity contribution < 1.29 is 0 Å². The molecule has 7 heteroatoms. The number of aryl methyl sites for hydroxylation is 3. The Balaban J connectivity index is 0.00000300. The summed E-state index contributed by atoms with van der Waals surface area (Å²) in [5.74, 6) is 1.05. The van der Waals surface area contributed by atoms with Gasteiger partial charge >= 0.3 is 0 Å². The van der Waals surface area contributed by atoms with Gasteiger partial charge in [-0.05, 0) is 56.4 Å². The summed E-state index contributed by atoms with van der Waals surface area (Å²) in [6.45, 7) is 12.4. The average molecular weight is 510 g/mol. The normalized spacial score (nSPS) is 14.7. The zero-order valence-corrected chi connectivity index (χ0v) is 20.5. The number of piperazine rings is 1. The van der Waals surface area contributed by atoms with E-state index in [1.807, 2.05) is 17.9 Å². The van der Waals surface area contributed by atoms with Crippen molar-refractivity contribution in [2.75, 3.05) is 44.2 Å². The van der Waals surface area contributed by atoms with Gasteiger partial charge in [-0.3, -0.25) is 9.67 Å². The standard InChI is InChI=1S/C22H34N6.HI/c1-5-23-22(24-11-7-9-20-16-25-26(4)17-20)28-14-12-27(13-15-28)21-10-6-8-18(2)19(21)3;/h6,8,10,16-17H,5,7,9,11-15H2,1-4H3,(H,23,24);1H. The van der Waals surface area contributed by atoms with Crippen LogP contribution in [0.2, 0.25) is 0 Å². The lowest BCUT2D eigenvalue weighted by Crippen LogP contribution is -2.52. The molecule has 6 nitrogen and oxygen atoms in total.